The fraction of sp³-hybridized carbons (Fsp3) is 0.150. The average molecular weight is 415 g/mol. The summed E-state index contributed by atoms with van der Waals surface area (Å²) in [5.41, 5.74) is 1.74. The first-order chi connectivity index (χ1) is 13.5. The zero-order valence-electron chi connectivity index (χ0n) is 15.0. The molecule has 0 unspecified atom stereocenters. The van der Waals surface area contributed by atoms with E-state index >= 15 is 0 Å². The Bertz CT molecular complexity index is 943. The van der Waals surface area contributed by atoms with Gasteiger partial charge in [-0.2, -0.15) is 0 Å². The normalized spacial score (nSPS) is 15.2. The summed E-state index contributed by atoms with van der Waals surface area (Å²) in [7, 11) is 1.56. The van der Waals surface area contributed by atoms with Crippen LogP contribution >= 0.6 is 24.0 Å². The third-order valence-corrected chi connectivity index (χ3v) is 5.27. The average Bonchev–Trinajstić information content (AvgIpc) is 2.94. The number of carbonyl (C=O) groups is 2. The smallest absolute Gasteiger partial charge is 0.323 e. The molecular formula is C20H17NO5S2. The minimum Gasteiger partial charge on any atom is -0.493 e. The first-order valence-corrected chi connectivity index (χ1v) is 9.52. The first-order valence-electron chi connectivity index (χ1n) is 8.30. The van der Waals surface area contributed by atoms with Crippen molar-refractivity contribution in [2.45, 2.75) is 6.61 Å². The van der Waals surface area contributed by atoms with Gasteiger partial charge in [-0.15, -0.1) is 0 Å². The zero-order valence-corrected chi connectivity index (χ0v) is 16.6. The molecular weight excluding hydrogens is 398 g/mol. The van der Waals surface area contributed by atoms with Crippen LogP contribution in [-0.4, -0.2) is 39.9 Å². The topological polar surface area (TPSA) is 76.1 Å². The SMILES string of the molecule is COc1ccc(/C=C2/SC(=S)N(CC(=O)O)C2=O)cc1OCc1ccccc1. The fourth-order valence-electron chi connectivity index (χ4n) is 2.55. The van der Waals surface area contributed by atoms with E-state index in [9.17, 15) is 9.59 Å². The molecule has 0 aromatic heterocycles. The van der Waals surface area contributed by atoms with Crippen LogP contribution < -0.4 is 9.47 Å². The van der Waals surface area contributed by atoms with Crippen molar-refractivity contribution in [2.24, 2.45) is 0 Å². The van der Waals surface area contributed by atoms with E-state index in [1.54, 1.807) is 31.4 Å². The van der Waals surface area contributed by atoms with Gasteiger partial charge in [-0.05, 0) is 29.3 Å². The Hall–Kier alpha value is -2.84. The number of ether oxygens (including phenoxy) is 2. The van der Waals surface area contributed by atoms with Crippen LogP contribution in [0, 0.1) is 0 Å². The number of aliphatic carboxylic acids is 1. The van der Waals surface area contributed by atoms with Crippen molar-refractivity contribution in [1.29, 1.82) is 0 Å². The fourth-order valence-corrected chi connectivity index (χ4v) is 3.81. The molecule has 6 nitrogen and oxygen atoms in total. The minimum atomic E-state index is -1.11. The molecule has 2 aromatic carbocycles. The molecule has 1 heterocycles. The lowest BCUT2D eigenvalue weighted by Crippen LogP contribution is -2.33. The third-order valence-electron chi connectivity index (χ3n) is 3.89. The summed E-state index contributed by atoms with van der Waals surface area (Å²) >= 11 is 6.19. The number of rotatable bonds is 7. The maximum absolute atomic E-state index is 12.4. The maximum Gasteiger partial charge on any atom is 0.323 e. The Morgan fingerprint density at radius 1 is 1.21 bits per heavy atom. The monoisotopic (exact) mass is 415 g/mol. The first kappa shape index (κ1) is 19.9. The predicted octanol–water partition coefficient (Wildman–Crippen LogP) is 3.56. The van der Waals surface area contributed by atoms with Crippen molar-refractivity contribution in [1.82, 2.24) is 4.90 Å². The summed E-state index contributed by atoms with van der Waals surface area (Å²) < 4.78 is 11.5. The summed E-state index contributed by atoms with van der Waals surface area (Å²) in [5.74, 6) is -0.411. The van der Waals surface area contributed by atoms with Crippen LogP contribution in [0.5, 0.6) is 11.5 Å². The number of nitrogens with zero attached hydrogens (tertiary/aromatic N) is 1. The van der Waals surface area contributed by atoms with E-state index in [-0.39, 0.29) is 4.32 Å². The molecule has 1 amide bonds. The van der Waals surface area contributed by atoms with Gasteiger partial charge in [0.25, 0.3) is 5.91 Å². The summed E-state index contributed by atoms with van der Waals surface area (Å²) in [5, 5.41) is 8.92. The second-order valence-corrected chi connectivity index (χ2v) is 7.52. The lowest BCUT2D eigenvalue weighted by atomic mass is 10.1. The molecule has 0 saturated carbocycles. The van der Waals surface area contributed by atoms with Crippen LogP contribution in [0.1, 0.15) is 11.1 Å². The molecule has 1 fully saturated rings. The quantitative estimate of drug-likeness (QED) is 0.547. The zero-order chi connectivity index (χ0) is 20.1. The third kappa shape index (κ3) is 4.71. The predicted molar refractivity (Wildman–Crippen MR) is 111 cm³/mol. The molecule has 2 aromatic rings. The molecule has 0 atom stereocenters. The summed E-state index contributed by atoms with van der Waals surface area (Å²) in [4.78, 5) is 24.7. The van der Waals surface area contributed by atoms with E-state index in [0.29, 0.717) is 23.0 Å². The van der Waals surface area contributed by atoms with Gasteiger partial charge in [-0.1, -0.05) is 60.4 Å². The van der Waals surface area contributed by atoms with Gasteiger partial charge in [0.05, 0.1) is 12.0 Å². The molecule has 1 aliphatic heterocycles. The second kappa shape index (κ2) is 8.90. The molecule has 3 rings (SSSR count). The van der Waals surface area contributed by atoms with Gasteiger partial charge in [0.15, 0.2) is 11.5 Å². The van der Waals surface area contributed by atoms with E-state index in [4.69, 9.17) is 26.8 Å². The van der Waals surface area contributed by atoms with E-state index in [0.717, 1.165) is 27.8 Å². The molecule has 28 heavy (non-hydrogen) atoms. The van der Waals surface area contributed by atoms with Crippen molar-refractivity contribution < 1.29 is 24.2 Å². The van der Waals surface area contributed by atoms with E-state index in [1.807, 2.05) is 30.3 Å². The summed E-state index contributed by atoms with van der Waals surface area (Å²) in [6.45, 7) is -0.0720. The number of amides is 1. The largest absolute Gasteiger partial charge is 0.493 e. The van der Waals surface area contributed by atoms with Crippen molar-refractivity contribution in [3.63, 3.8) is 0 Å². The van der Waals surface area contributed by atoms with Crippen molar-refractivity contribution >= 4 is 46.3 Å². The van der Waals surface area contributed by atoms with Gasteiger partial charge < -0.3 is 14.6 Å². The van der Waals surface area contributed by atoms with Crippen LogP contribution in [0.4, 0.5) is 0 Å². The molecule has 1 saturated heterocycles. The number of carbonyl (C=O) groups excluding carboxylic acids is 1. The lowest BCUT2D eigenvalue weighted by Gasteiger charge is -2.12. The highest BCUT2D eigenvalue weighted by atomic mass is 32.2. The molecule has 0 spiro atoms. The van der Waals surface area contributed by atoms with Crippen molar-refractivity contribution in [3.8, 4) is 11.5 Å². The van der Waals surface area contributed by atoms with Gasteiger partial charge >= 0.3 is 5.97 Å². The molecule has 0 aliphatic carbocycles. The number of hydrogen-bond acceptors (Lipinski definition) is 6. The maximum atomic E-state index is 12.4. The lowest BCUT2D eigenvalue weighted by molar-refractivity contribution is -0.140. The van der Waals surface area contributed by atoms with Crippen LogP contribution in [0.3, 0.4) is 0 Å². The molecule has 144 valence electrons. The highest BCUT2D eigenvalue weighted by Gasteiger charge is 2.33. The number of hydrogen-bond donors (Lipinski definition) is 1. The number of thiocarbonyl (C=S) groups is 1. The Balaban J connectivity index is 1.81. The number of methoxy groups -OCH3 is 1. The molecule has 8 heteroatoms. The van der Waals surface area contributed by atoms with Gasteiger partial charge in [-0.3, -0.25) is 14.5 Å². The standard InChI is InChI=1S/C20H17NO5S2/c1-25-15-8-7-14(9-16(15)26-12-13-5-3-2-4-6-13)10-17-19(24)21(11-18(22)23)20(27)28-17/h2-10H,11-12H2,1H3,(H,22,23)/b17-10+. The molecule has 0 bridgehead atoms. The Labute approximate surface area is 171 Å². The van der Waals surface area contributed by atoms with Crippen LogP contribution in [0.2, 0.25) is 0 Å². The van der Waals surface area contributed by atoms with Gasteiger partial charge in [0, 0.05) is 0 Å². The van der Waals surface area contributed by atoms with Gasteiger partial charge in [-0.25, -0.2) is 0 Å². The number of carboxylic acid groups (broad SMARTS) is 1. The Kier molecular flexibility index (Phi) is 6.33. The van der Waals surface area contributed by atoms with Crippen molar-refractivity contribution in [2.75, 3.05) is 13.7 Å². The number of benzene rings is 2. The van der Waals surface area contributed by atoms with Crippen LogP contribution in [0.15, 0.2) is 53.4 Å². The molecule has 0 radical (unpaired) electrons. The van der Waals surface area contributed by atoms with E-state index in [2.05, 4.69) is 0 Å². The Morgan fingerprint density at radius 2 is 1.96 bits per heavy atom. The van der Waals surface area contributed by atoms with Crippen LogP contribution in [-0.2, 0) is 16.2 Å². The van der Waals surface area contributed by atoms with E-state index in [1.165, 1.54) is 0 Å². The van der Waals surface area contributed by atoms with Crippen LogP contribution in [0.25, 0.3) is 6.08 Å². The molecule has 1 N–H and O–H groups in total. The van der Waals surface area contributed by atoms with Gasteiger partial charge in [0.1, 0.15) is 17.5 Å². The van der Waals surface area contributed by atoms with Gasteiger partial charge in [0.2, 0.25) is 0 Å². The summed E-state index contributed by atoms with van der Waals surface area (Å²) in [6, 6.07) is 15.0. The summed E-state index contributed by atoms with van der Waals surface area (Å²) in [6.07, 6.45) is 1.66. The van der Waals surface area contributed by atoms with Crippen molar-refractivity contribution in [3.05, 3.63) is 64.6 Å². The highest BCUT2D eigenvalue weighted by Crippen LogP contribution is 2.34. The highest BCUT2D eigenvalue weighted by molar-refractivity contribution is 8.26. The number of carboxylic acids is 1. The number of thioether (sulfide) groups is 1. The molecule has 1 aliphatic rings. The van der Waals surface area contributed by atoms with E-state index < -0.39 is 18.4 Å². The second-order valence-electron chi connectivity index (χ2n) is 5.85. The minimum absolute atomic E-state index is 0.229. The Morgan fingerprint density at radius 3 is 2.64 bits per heavy atom.